The zero-order chi connectivity index (χ0) is 16.7. The normalized spacial score (nSPS) is 17.7. The lowest BCUT2D eigenvalue weighted by atomic mass is 9.97. The molecule has 1 aliphatic heterocycles. The van der Waals surface area contributed by atoms with E-state index in [0.29, 0.717) is 25.1 Å². The second-order valence-corrected chi connectivity index (χ2v) is 6.47. The van der Waals surface area contributed by atoms with Crippen molar-refractivity contribution >= 4 is 29.1 Å². The van der Waals surface area contributed by atoms with E-state index in [9.17, 15) is 14.4 Å². The molecule has 1 fully saturated rings. The van der Waals surface area contributed by atoms with Gasteiger partial charge in [-0.3, -0.25) is 14.4 Å². The first kappa shape index (κ1) is 17.5. The Hall–Kier alpha value is -1.89. The second kappa shape index (κ2) is 8.67. The van der Waals surface area contributed by atoms with Crippen LogP contribution in [0.1, 0.15) is 48.9 Å². The van der Waals surface area contributed by atoms with Crippen molar-refractivity contribution in [2.24, 2.45) is 0 Å². The Balaban J connectivity index is 1.78. The van der Waals surface area contributed by atoms with Gasteiger partial charge in [0.15, 0.2) is 0 Å². The zero-order valence-electron chi connectivity index (χ0n) is 13.0. The maximum atomic E-state index is 12.4. The topological polar surface area (TPSA) is 86.7 Å². The molecule has 0 radical (unpaired) electrons. The van der Waals surface area contributed by atoms with Gasteiger partial charge < -0.3 is 15.3 Å². The number of nitrogens with one attached hydrogen (secondary N) is 1. The first-order valence-electron chi connectivity index (χ1n) is 7.89. The SMILES string of the molecule is O=C(O)CCC1CCCCN1C(=O)CCNC(=O)c1ccsc1. The number of rotatable bonds is 7. The van der Waals surface area contributed by atoms with Crippen molar-refractivity contribution < 1.29 is 19.5 Å². The van der Waals surface area contributed by atoms with Crippen LogP contribution in [0.5, 0.6) is 0 Å². The first-order chi connectivity index (χ1) is 11.1. The van der Waals surface area contributed by atoms with Crippen LogP contribution < -0.4 is 5.32 Å². The van der Waals surface area contributed by atoms with Crippen LogP contribution in [0.15, 0.2) is 16.8 Å². The number of likely N-dealkylation sites (tertiary alicyclic amines) is 1. The molecule has 2 rings (SSSR count). The van der Waals surface area contributed by atoms with Crippen LogP contribution in [-0.4, -0.2) is 46.9 Å². The number of hydrogen-bond donors (Lipinski definition) is 2. The molecule has 2 N–H and O–H groups in total. The van der Waals surface area contributed by atoms with E-state index in [1.54, 1.807) is 16.3 Å². The van der Waals surface area contributed by atoms with E-state index in [2.05, 4.69) is 5.32 Å². The van der Waals surface area contributed by atoms with Crippen molar-refractivity contribution in [3.8, 4) is 0 Å². The van der Waals surface area contributed by atoms with Gasteiger partial charge in [0.05, 0.1) is 0 Å². The molecule has 126 valence electrons. The summed E-state index contributed by atoms with van der Waals surface area (Å²) >= 11 is 1.45. The van der Waals surface area contributed by atoms with Gasteiger partial charge >= 0.3 is 5.97 Å². The predicted molar refractivity (Wildman–Crippen MR) is 87.5 cm³/mol. The number of carbonyl (C=O) groups is 3. The number of piperidine rings is 1. The van der Waals surface area contributed by atoms with Crippen LogP contribution in [0.2, 0.25) is 0 Å². The van der Waals surface area contributed by atoms with E-state index >= 15 is 0 Å². The average molecular weight is 338 g/mol. The summed E-state index contributed by atoms with van der Waals surface area (Å²) < 4.78 is 0. The highest BCUT2D eigenvalue weighted by atomic mass is 32.1. The first-order valence-corrected chi connectivity index (χ1v) is 8.84. The van der Waals surface area contributed by atoms with Crippen LogP contribution in [0.25, 0.3) is 0 Å². The molecule has 1 aromatic heterocycles. The number of carbonyl (C=O) groups excluding carboxylic acids is 2. The van der Waals surface area contributed by atoms with Crippen molar-refractivity contribution in [3.63, 3.8) is 0 Å². The highest BCUT2D eigenvalue weighted by Crippen LogP contribution is 2.21. The molecular weight excluding hydrogens is 316 g/mol. The van der Waals surface area contributed by atoms with Gasteiger partial charge in [-0.05, 0) is 37.1 Å². The lowest BCUT2D eigenvalue weighted by Crippen LogP contribution is -2.45. The maximum absolute atomic E-state index is 12.4. The molecule has 1 aromatic rings. The van der Waals surface area contributed by atoms with Crippen LogP contribution in [0.4, 0.5) is 0 Å². The van der Waals surface area contributed by atoms with Crippen LogP contribution in [-0.2, 0) is 9.59 Å². The summed E-state index contributed by atoms with van der Waals surface area (Å²) in [5, 5.41) is 15.2. The average Bonchev–Trinajstić information content (AvgIpc) is 3.07. The lowest BCUT2D eigenvalue weighted by molar-refractivity contribution is -0.140. The summed E-state index contributed by atoms with van der Waals surface area (Å²) in [6, 6.07) is 1.76. The van der Waals surface area contributed by atoms with Gasteiger partial charge in [-0.15, -0.1) is 0 Å². The summed E-state index contributed by atoms with van der Waals surface area (Å²) in [5.41, 5.74) is 0.611. The van der Waals surface area contributed by atoms with E-state index < -0.39 is 5.97 Å². The molecule has 0 bridgehead atoms. The van der Waals surface area contributed by atoms with Crippen LogP contribution in [0, 0.1) is 0 Å². The smallest absolute Gasteiger partial charge is 0.303 e. The molecular formula is C16H22N2O4S. The van der Waals surface area contributed by atoms with Gasteiger partial charge in [0.2, 0.25) is 5.91 Å². The molecule has 0 aromatic carbocycles. The molecule has 2 amide bonds. The number of thiophene rings is 1. The highest BCUT2D eigenvalue weighted by molar-refractivity contribution is 7.08. The maximum Gasteiger partial charge on any atom is 0.303 e. The number of aliphatic carboxylic acids is 1. The fraction of sp³-hybridized carbons (Fsp3) is 0.562. The van der Waals surface area contributed by atoms with Gasteiger partial charge in [0.1, 0.15) is 0 Å². The Bertz CT molecular complexity index is 544. The molecule has 1 atom stereocenters. The van der Waals surface area contributed by atoms with E-state index in [-0.39, 0.29) is 30.7 Å². The van der Waals surface area contributed by atoms with Crippen LogP contribution in [0.3, 0.4) is 0 Å². The van der Waals surface area contributed by atoms with E-state index in [4.69, 9.17) is 5.11 Å². The summed E-state index contributed by atoms with van der Waals surface area (Å²) in [6.07, 6.45) is 3.69. The largest absolute Gasteiger partial charge is 0.481 e. The summed E-state index contributed by atoms with van der Waals surface area (Å²) in [7, 11) is 0. The van der Waals surface area contributed by atoms with E-state index in [1.165, 1.54) is 11.3 Å². The zero-order valence-corrected chi connectivity index (χ0v) is 13.8. The predicted octanol–water partition coefficient (Wildman–Crippen LogP) is 2.11. The molecule has 1 aliphatic rings. The molecule has 7 heteroatoms. The van der Waals surface area contributed by atoms with Crippen molar-refractivity contribution in [2.75, 3.05) is 13.1 Å². The van der Waals surface area contributed by atoms with Gasteiger partial charge in [-0.1, -0.05) is 0 Å². The molecule has 0 aliphatic carbocycles. The fourth-order valence-corrected chi connectivity index (χ4v) is 3.48. The minimum atomic E-state index is -0.828. The second-order valence-electron chi connectivity index (χ2n) is 5.69. The molecule has 1 saturated heterocycles. The van der Waals surface area contributed by atoms with Gasteiger partial charge in [-0.2, -0.15) is 11.3 Å². The number of amides is 2. The Morgan fingerprint density at radius 2 is 2.13 bits per heavy atom. The quantitative estimate of drug-likeness (QED) is 0.797. The molecule has 0 spiro atoms. The van der Waals surface area contributed by atoms with Crippen molar-refractivity contribution in [1.29, 1.82) is 0 Å². The third-order valence-electron chi connectivity index (χ3n) is 4.05. The third-order valence-corrected chi connectivity index (χ3v) is 4.73. The van der Waals surface area contributed by atoms with Crippen molar-refractivity contribution in [2.45, 2.75) is 44.6 Å². The minimum Gasteiger partial charge on any atom is -0.481 e. The fourth-order valence-electron chi connectivity index (χ4n) is 2.84. The summed E-state index contributed by atoms with van der Waals surface area (Å²) in [5.74, 6) is -1.00. The van der Waals surface area contributed by atoms with Gasteiger partial charge in [0, 0.05) is 42.9 Å². The number of carboxylic acid groups (broad SMARTS) is 1. The monoisotopic (exact) mass is 338 g/mol. The van der Waals surface area contributed by atoms with Gasteiger partial charge in [-0.25, -0.2) is 0 Å². The highest BCUT2D eigenvalue weighted by Gasteiger charge is 2.26. The standard InChI is InChI=1S/C16H22N2O4S/c19-14(6-8-17-16(22)12-7-10-23-11-12)18-9-2-1-3-13(18)4-5-15(20)21/h7,10-11,13H,1-6,8-9H2,(H,17,22)(H,20,21). The Morgan fingerprint density at radius 3 is 2.83 bits per heavy atom. The lowest BCUT2D eigenvalue weighted by Gasteiger charge is -2.35. The summed E-state index contributed by atoms with van der Waals surface area (Å²) in [4.78, 5) is 36.7. The number of nitrogens with zero attached hydrogens (tertiary/aromatic N) is 1. The Labute approximate surface area is 139 Å². The third kappa shape index (κ3) is 5.35. The number of hydrogen-bond acceptors (Lipinski definition) is 4. The molecule has 6 nitrogen and oxygen atoms in total. The Morgan fingerprint density at radius 1 is 1.30 bits per heavy atom. The molecule has 1 unspecified atom stereocenters. The van der Waals surface area contributed by atoms with Crippen LogP contribution >= 0.6 is 11.3 Å². The molecule has 2 heterocycles. The minimum absolute atomic E-state index is 0.00860. The van der Waals surface area contributed by atoms with E-state index in [1.807, 2.05) is 5.38 Å². The number of carboxylic acids is 1. The van der Waals surface area contributed by atoms with Crippen molar-refractivity contribution in [3.05, 3.63) is 22.4 Å². The molecule has 0 saturated carbocycles. The molecule has 23 heavy (non-hydrogen) atoms. The Kier molecular flexibility index (Phi) is 6.58. The van der Waals surface area contributed by atoms with E-state index in [0.717, 1.165) is 19.3 Å². The summed E-state index contributed by atoms with van der Waals surface area (Å²) in [6.45, 7) is 0.983. The van der Waals surface area contributed by atoms with Gasteiger partial charge in [0.25, 0.3) is 5.91 Å². The van der Waals surface area contributed by atoms with Crippen molar-refractivity contribution in [1.82, 2.24) is 10.2 Å².